The van der Waals surface area contributed by atoms with Crippen LogP contribution in [0.3, 0.4) is 0 Å². The zero-order valence-corrected chi connectivity index (χ0v) is 12.8. The first-order valence-corrected chi connectivity index (χ1v) is 7.15. The predicted octanol–water partition coefficient (Wildman–Crippen LogP) is -2.76. The molecule has 1 fully saturated rings. The lowest BCUT2D eigenvalue weighted by Crippen LogP contribution is -3.14. The minimum atomic E-state index is -0.158. The summed E-state index contributed by atoms with van der Waals surface area (Å²) >= 11 is 0. The van der Waals surface area contributed by atoms with Crippen LogP contribution in [0.2, 0.25) is 0 Å². The van der Waals surface area contributed by atoms with Gasteiger partial charge < -0.3 is 26.6 Å². The topological polar surface area (TPSA) is 38.9 Å². The number of carbonyl (C=O) groups excluding carboxylic acids is 1. The quantitative estimate of drug-likeness (QED) is 0.640. The van der Waals surface area contributed by atoms with Crippen LogP contribution < -0.4 is 17.3 Å². The summed E-state index contributed by atoms with van der Waals surface area (Å²) in [5.41, 5.74) is 0. The highest BCUT2D eigenvalue weighted by molar-refractivity contribution is 5.67. The van der Waals surface area contributed by atoms with Crippen LogP contribution in [0.15, 0.2) is 24.5 Å². The van der Waals surface area contributed by atoms with Gasteiger partial charge in [-0.25, -0.2) is 4.79 Å². The van der Waals surface area contributed by atoms with Crippen molar-refractivity contribution in [2.24, 2.45) is 0 Å². The number of aromatic nitrogens is 1. The molecule has 1 aliphatic heterocycles. The Morgan fingerprint density at radius 3 is 2.50 bits per heavy atom. The summed E-state index contributed by atoms with van der Waals surface area (Å²) in [6.45, 7) is 8.26. The fourth-order valence-electron chi connectivity index (χ4n) is 2.50. The first-order chi connectivity index (χ1) is 9.29. The first kappa shape index (κ1) is 16.9. The Morgan fingerprint density at radius 1 is 1.25 bits per heavy atom. The van der Waals surface area contributed by atoms with E-state index in [1.807, 2.05) is 11.8 Å². The molecule has 1 saturated heterocycles. The van der Waals surface area contributed by atoms with Crippen LogP contribution in [0.4, 0.5) is 4.79 Å². The van der Waals surface area contributed by atoms with Crippen molar-refractivity contribution in [2.75, 3.05) is 39.3 Å². The number of rotatable bonds is 5. The summed E-state index contributed by atoms with van der Waals surface area (Å²) in [4.78, 5) is 15.0. The molecule has 0 radical (unpaired) electrons. The maximum Gasteiger partial charge on any atom is 0.410 e. The molecule has 0 bridgehead atoms. The van der Waals surface area contributed by atoms with E-state index in [1.54, 1.807) is 4.90 Å². The van der Waals surface area contributed by atoms with Crippen molar-refractivity contribution >= 4 is 6.09 Å². The predicted molar refractivity (Wildman–Crippen MR) is 73.2 cm³/mol. The van der Waals surface area contributed by atoms with Gasteiger partial charge in [0.05, 0.1) is 39.3 Å². The van der Waals surface area contributed by atoms with E-state index >= 15 is 0 Å². The summed E-state index contributed by atoms with van der Waals surface area (Å²) in [5.74, 6) is 0. The van der Waals surface area contributed by atoms with Gasteiger partial charge in [0, 0.05) is 25.4 Å². The fourth-order valence-corrected chi connectivity index (χ4v) is 2.50. The minimum Gasteiger partial charge on any atom is -1.00 e. The Balaban J connectivity index is 0.00000200. The molecule has 0 spiro atoms. The van der Waals surface area contributed by atoms with Gasteiger partial charge in [-0.1, -0.05) is 0 Å². The fraction of sp³-hybridized carbons (Fsp3) is 0.643. The van der Waals surface area contributed by atoms with Crippen LogP contribution in [-0.2, 0) is 11.3 Å². The van der Waals surface area contributed by atoms with Gasteiger partial charge in [0.25, 0.3) is 0 Å². The Labute approximate surface area is 126 Å². The van der Waals surface area contributed by atoms with E-state index in [-0.39, 0.29) is 18.5 Å². The van der Waals surface area contributed by atoms with Crippen molar-refractivity contribution in [2.45, 2.75) is 19.9 Å². The zero-order chi connectivity index (χ0) is 13.5. The molecular formula is C14H24ClN3O2. The zero-order valence-electron chi connectivity index (χ0n) is 12.1. The van der Waals surface area contributed by atoms with E-state index in [2.05, 4.69) is 29.1 Å². The summed E-state index contributed by atoms with van der Waals surface area (Å²) in [6, 6.07) is 4.12. The lowest BCUT2D eigenvalue weighted by Gasteiger charge is -2.31. The Morgan fingerprint density at radius 2 is 1.90 bits per heavy atom. The second kappa shape index (κ2) is 8.87. The van der Waals surface area contributed by atoms with Gasteiger partial charge in [-0.05, 0) is 19.1 Å². The Bertz CT molecular complexity index is 376. The van der Waals surface area contributed by atoms with Crippen molar-refractivity contribution in [1.29, 1.82) is 0 Å². The molecule has 1 amide bonds. The van der Waals surface area contributed by atoms with Crippen LogP contribution in [0, 0.1) is 0 Å². The van der Waals surface area contributed by atoms with Gasteiger partial charge in [0.2, 0.25) is 0 Å². The molecular weight excluding hydrogens is 278 g/mol. The van der Waals surface area contributed by atoms with Crippen molar-refractivity contribution < 1.29 is 26.8 Å². The van der Waals surface area contributed by atoms with E-state index in [1.165, 1.54) is 13.0 Å². The molecule has 114 valence electrons. The van der Waals surface area contributed by atoms with Crippen molar-refractivity contribution in [1.82, 2.24) is 9.47 Å². The molecule has 6 heteroatoms. The summed E-state index contributed by atoms with van der Waals surface area (Å²) in [6.07, 6.45) is 5.24. The van der Waals surface area contributed by atoms with Gasteiger partial charge in [0.15, 0.2) is 0 Å². The number of amides is 1. The number of piperazine rings is 1. The molecule has 2 rings (SSSR count). The largest absolute Gasteiger partial charge is 1.00 e. The second-order valence-corrected chi connectivity index (χ2v) is 4.96. The number of hydrogen-bond donors (Lipinski definition) is 1. The maximum absolute atomic E-state index is 11.6. The SMILES string of the molecule is CCOC(=O)N1CC[NH+](CCCn2cccc2)CC1.[Cl-]. The normalized spacial score (nSPS) is 15.8. The molecule has 0 saturated carbocycles. The van der Waals surface area contributed by atoms with Crippen LogP contribution in [-0.4, -0.2) is 54.9 Å². The highest BCUT2D eigenvalue weighted by atomic mass is 35.5. The Kier molecular flexibility index (Phi) is 7.47. The number of aryl methyl sites for hydroxylation is 1. The number of quaternary nitrogens is 1. The molecule has 0 aromatic carbocycles. The van der Waals surface area contributed by atoms with E-state index < -0.39 is 0 Å². The number of nitrogens with zero attached hydrogens (tertiary/aromatic N) is 2. The number of halogens is 1. The van der Waals surface area contributed by atoms with Crippen LogP contribution >= 0.6 is 0 Å². The molecule has 1 aromatic rings. The number of hydrogen-bond acceptors (Lipinski definition) is 2. The average Bonchev–Trinajstić information content (AvgIpc) is 2.93. The lowest BCUT2D eigenvalue weighted by atomic mass is 10.3. The molecule has 0 aliphatic carbocycles. The maximum atomic E-state index is 11.6. The third-order valence-electron chi connectivity index (χ3n) is 3.61. The Hall–Kier alpha value is -1.20. The monoisotopic (exact) mass is 301 g/mol. The van der Waals surface area contributed by atoms with Crippen LogP contribution in [0.5, 0.6) is 0 Å². The third kappa shape index (κ3) is 5.06. The molecule has 1 aromatic heterocycles. The van der Waals surface area contributed by atoms with E-state index in [9.17, 15) is 4.79 Å². The van der Waals surface area contributed by atoms with E-state index in [0.717, 1.165) is 32.7 Å². The van der Waals surface area contributed by atoms with Gasteiger partial charge in [-0.15, -0.1) is 0 Å². The van der Waals surface area contributed by atoms with Crippen molar-refractivity contribution in [3.63, 3.8) is 0 Å². The summed E-state index contributed by atoms with van der Waals surface area (Å²) < 4.78 is 7.24. The standard InChI is InChI=1S/C14H23N3O2.ClH/c1-2-19-14(18)17-12-10-16(11-13-17)9-5-8-15-6-3-4-7-15;/h3-4,6-7H,2,5,8-13H2,1H3;1H. The minimum absolute atomic E-state index is 0. The lowest BCUT2D eigenvalue weighted by molar-refractivity contribution is -0.904. The number of carbonyl (C=O) groups is 1. The summed E-state index contributed by atoms with van der Waals surface area (Å²) in [7, 11) is 0. The van der Waals surface area contributed by atoms with E-state index in [0.29, 0.717) is 6.61 Å². The first-order valence-electron chi connectivity index (χ1n) is 7.15. The van der Waals surface area contributed by atoms with Crippen LogP contribution in [0.1, 0.15) is 13.3 Å². The van der Waals surface area contributed by atoms with Gasteiger partial charge in [-0.3, -0.25) is 4.90 Å². The van der Waals surface area contributed by atoms with Gasteiger partial charge >= 0.3 is 6.09 Å². The summed E-state index contributed by atoms with van der Waals surface area (Å²) in [5, 5.41) is 0. The van der Waals surface area contributed by atoms with Crippen molar-refractivity contribution in [3.8, 4) is 0 Å². The third-order valence-corrected chi connectivity index (χ3v) is 3.61. The number of ether oxygens (including phenoxy) is 1. The molecule has 5 nitrogen and oxygen atoms in total. The molecule has 0 atom stereocenters. The van der Waals surface area contributed by atoms with Crippen LogP contribution in [0.25, 0.3) is 0 Å². The van der Waals surface area contributed by atoms with E-state index in [4.69, 9.17) is 4.74 Å². The highest BCUT2D eigenvalue weighted by Crippen LogP contribution is 1.95. The molecule has 1 aliphatic rings. The molecule has 0 unspecified atom stereocenters. The average molecular weight is 302 g/mol. The molecule has 1 N–H and O–H groups in total. The van der Waals surface area contributed by atoms with Gasteiger partial charge in [0.1, 0.15) is 0 Å². The molecule has 20 heavy (non-hydrogen) atoms. The van der Waals surface area contributed by atoms with Crippen molar-refractivity contribution in [3.05, 3.63) is 24.5 Å². The second-order valence-electron chi connectivity index (χ2n) is 4.96. The number of nitrogens with one attached hydrogen (secondary N) is 1. The molecule has 2 heterocycles. The van der Waals surface area contributed by atoms with Gasteiger partial charge in [-0.2, -0.15) is 0 Å². The highest BCUT2D eigenvalue weighted by Gasteiger charge is 2.23. The smallest absolute Gasteiger partial charge is 0.410 e.